The zero-order valence-electron chi connectivity index (χ0n) is 11.0. The van der Waals surface area contributed by atoms with E-state index in [9.17, 15) is 9.59 Å². The van der Waals surface area contributed by atoms with Crippen molar-refractivity contribution in [3.63, 3.8) is 0 Å². The zero-order chi connectivity index (χ0) is 13.6. The van der Waals surface area contributed by atoms with Gasteiger partial charge in [-0.25, -0.2) is 4.68 Å². The molecule has 0 saturated carbocycles. The van der Waals surface area contributed by atoms with E-state index in [4.69, 9.17) is 0 Å². The van der Waals surface area contributed by atoms with Crippen LogP contribution in [0.25, 0.3) is 5.69 Å². The topological polar surface area (TPSA) is 47.2 Å². The first kappa shape index (κ1) is 11.8. The number of benzene rings is 1. The van der Waals surface area contributed by atoms with E-state index >= 15 is 0 Å². The van der Waals surface area contributed by atoms with Crippen LogP contribution in [0.2, 0.25) is 0 Å². The Labute approximate surface area is 110 Å². The summed E-state index contributed by atoms with van der Waals surface area (Å²) in [7, 11) is 3.52. The van der Waals surface area contributed by atoms with Crippen LogP contribution in [0.4, 0.5) is 5.69 Å². The van der Waals surface area contributed by atoms with E-state index in [1.807, 2.05) is 42.1 Å². The van der Waals surface area contributed by atoms with Crippen molar-refractivity contribution in [1.82, 2.24) is 9.36 Å². The maximum absolute atomic E-state index is 12.5. The minimum absolute atomic E-state index is 0.00425. The normalized spacial score (nSPS) is 14.6. The number of aromatic nitrogens is 2. The molecule has 0 N–H and O–H groups in total. The summed E-state index contributed by atoms with van der Waals surface area (Å²) in [6.07, 6.45) is 1.07. The molecule has 0 saturated heterocycles. The molecule has 1 amide bonds. The second kappa shape index (κ2) is 4.12. The van der Waals surface area contributed by atoms with E-state index in [-0.39, 0.29) is 11.5 Å². The second-order valence-corrected chi connectivity index (χ2v) is 4.72. The first-order chi connectivity index (χ1) is 9.11. The summed E-state index contributed by atoms with van der Waals surface area (Å²) in [5, 5.41) is 0. The molecule has 1 aliphatic rings. The van der Waals surface area contributed by atoms with Gasteiger partial charge in [0.15, 0.2) is 0 Å². The third-order valence-corrected chi connectivity index (χ3v) is 3.64. The van der Waals surface area contributed by atoms with E-state index in [1.165, 1.54) is 4.90 Å². The Balaban J connectivity index is 2.28. The fourth-order valence-electron chi connectivity index (χ4n) is 2.63. The molecule has 3 rings (SSSR count). The third kappa shape index (κ3) is 1.62. The standard InChI is InChI=1S/C14H15N3O2/c1-15-12(18)9-8-11-13(15)14(19)17(16(11)2)10-6-4-3-5-7-10/h3-7H,8-9H2,1-2H3. The van der Waals surface area contributed by atoms with Gasteiger partial charge in [0.2, 0.25) is 5.91 Å². The molecular weight excluding hydrogens is 242 g/mol. The summed E-state index contributed by atoms with van der Waals surface area (Å²) >= 11 is 0. The van der Waals surface area contributed by atoms with E-state index in [0.717, 1.165) is 11.4 Å². The Morgan fingerprint density at radius 2 is 1.68 bits per heavy atom. The Kier molecular flexibility index (Phi) is 2.55. The molecule has 0 unspecified atom stereocenters. The van der Waals surface area contributed by atoms with Crippen molar-refractivity contribution in [3.8, 4) is 5.69 Å². The maximum Gasteiger partial charge on any atom is 0.295 e. The maximum atomic E-state index is 12.5. The lowest BCUT2D eigenvalue weighted by atomic mass is 10.1. The Morgan fingerprint density at radius 3 is 2.37 bits per heavy atom. The molecule has 1 aromatic heterocycles. The summed E-state index contributed by atoms with van der Waals surface area (Å²) in [6, 6.07) is 9.46. The average molecular weight is 257 g/mol. The van der Waals surface area contributed by atoms with Crippen molar-refractivity contribution in [3.05, 3.63) is 46.4 Å². The highest BCUT2D eigenvalue weighted by Crippen LogP contribution is 2.24. The fourth-order valence-corrected chi connectivity index (χ4v) is 2.63. The summed E-state index contributed by atoms with van der Waals surface area (Å²) in [5.74, 6) is -0.00425. The van der Waals surface area contributed by atoms with E-state index in [1.54, 1.807) is 11.7 Å². The Bertz CT molecular complexity index is 697. The van der Waals surface area contributed by atoms with Gasteiger partial charge in [0.1, 0.15) is 5.69 Å². The molecule has 5 heteroatoms. The molecule has 5 nitrogen and oxygen atoms in total. The minimum Gasteiger partial charge on any atom is -0.309 e. The SMILES string of the molecule is CN1C(=O)CCc2c1c(=O)n(-c1ccccc1)n2C. The second-order valence-electron chi connectivity index (χ2n) is 4.72. The van der Waals surface area contributed by atoms with E-state index in [0.29, 0.717) is 18.5 Å². The van der Waals surface area contributed by atoms with Gasteiger partial charge in [-0.05, 0) is 12.1 Å². The molecule has 0 fully saturated rings. The molecule has 0 bridgehead atoms. The van der Waals surface area contributed by atoms with Crippen molar-refractivity contribution >= 4 is 11.6 Å². The van der Waals surface area contributed by atoms with Crippen LogP contribution in [0.3, 0.4) is 0 Å². The van der Waals surface area contributed by atoms with Crippen LogP contribution in [0.1, 0.15) is 12.1 Å². The van der Waals surface area contributed by atoms with Crippen molar-refractivity contribution in [2.45, 2.75) is 12.8 Å². The van der Waals surface area contributed by atoms with E-state index < -0.39 is 0 Å². The molecular formula is C14H15N3O2. The predicted octanol–water partition coefficient (Wildman–Crippen LogP) is 1.08. The average Bonchev–Trinajstić information content (AvgIpc) is 2.67. The van der Waals surface area contributed by atoms with Gasteiger partial charge in [-0.15, -0.1) is 0 Å². The molecule has 2 heterocycles. The number of nitrogens with zero attached hydrogens (tertiary/aromatic N) is 3. The Hall–Kier alpha value is -2.30. The highest BCUT2D eigenvalue weighted by atomic mass is 16.2. The smallest absolute Gasteiger partial charge is 0.295 e. The summed E-state index contributed by atoms with van der Waals surface area (Å²) in [5.41, 5.74) is 2.09. The Morgan fingerprint density at radius 1 is 1.00 bits per heavy atom. The number of amides is 1. The van der Waals surface area contributed by atoms with Crippen LogP contribution in [-0.4, -0.2) is 22.3 Å². The number of hydrogen-bond acceptors (Lipinski definition) is 2. The first-order valence-corrected chi connectivity index (χ1v) is 6.24. The monoisotopic (exact) mass is 257 g/mol. The van der Waals surface area contributed by atoms with Crippen LogP contribution in [0.5, 0.6) is 0 Å². The van der Waals surface area contributed by atoms with Crippen molar-refractivity contribution < 1.29 is 4.79 Å². The van der Waals surface area contributed by atoms with Gasteiger partial charge in [0.05, 0.1) is 11.4 Å². The summed E-state index contributed by atoms with van der Waals surface area (Å²) in [6.45, 7) is 0. The van der Waals surface area contributed by atoms with Gasteiger partial charge in [-0.2, -0.15) is 0 Å². The molecule has 0 aliphatic carbocycles. The lowest BCUT2D eigenvalue weighted by molar-refractivity contribution is -0.118. The number of hydrogen-bond donors (Lipinski definition) is 0. The molecule has 0 radical (unpaired) electrons. The highest BCUT2D eigenvalue weighted by Gasteiger charge is 2.29. The molecule has 98 valence electrons. The van der Waals surface area contributed by atoms with Crippen LogP contribution in [0, 0.1) is 0 Å². The van der Waals surface area contributed by atoms with Crippen LogP contribution < -0.4 is 10.5 Å². The summed E-state index contributed by atoms with van der Waals surface area (Å²) < 4.78 is 3.45. The first-order valence-electron chi connectivity index (χ1n) is 6.24. The summed E-state index contributed by atoms with van der Waals surface area (Å²) in [4.78, 5) is 25.7. The number of para-hydroxylation sites is 1. The fraction of sp³-hybridized carbons (Fsp3) is 0.286. The lowest BCUT2D eigenvalue weighted by Crippen LogP contribution is -2.34. The van der Waals surface area contributed by atoms with Gasteiger partial charge < -0.3 is 4.90 Å². The molecule has 0 atom stereocenters. The van der Waals surface area contributed by atoms with E-state index in [2.05, 4.69) is 0 Å². The third-order valence-electron chi connectivity index (χ3n) is 3.64. The molecule has 1 aromatic carbocycles. The van der Waals surface area contributed by atoms with Gasteiger partial charge in [-0.1, -0.05) is 18.2 Å². The van der Waals surface area contributed by atoms with Crippen LogP contribution >= 0.6 is 0 Å². The minimum atomic E-state index is -0.140. The highest BCUT2D eigenvalue weighted by molar-refractivity contribution is 5.95. The largest absolute Gasteiger partial charge is 0.309 e. The molecule has 19 heavy (non-hydrogen) atoms. The zero-order valence-corrected chi connectivity index (χ0v) is 11.0. The van der Waals surface area contributed by atoms with Crippen molar-refractivity contribution in [1.29, 1.82) is 0 Å². The molecule has 0 spiro atoms. The quantitative estimate of drug-likeness (QED) is 0.767. The van der Waals surface area contributed by atoms with Gasteiger partial charge >= 0.3 is 0 Å². The number of rotatable bonds is 1. The lowest BCUT2D eigenvalue weighted by Gasteiger charge is -2.21. The van der Waals surface area contributed by atoms with Crippen LogP contribution in [0.15, 0.2) is 35.1 Å². The number of anilines is 1. The van der Waals surface area contributed by atoms with Crippen molar-refractivity contribution in [2.75, 3.05) is 11.9 Å². The molecule has 1 aliphatic heterocycles. The number of carbonyl (C=O) groups is 1. The molecule has 2 aromatic rings. The predicted molar refractivity (Wildman–Crippen MR) is 72.7 cm³/mol. The van der Waals surface area contributed by atoms with Gasteiger partial charge in [0, 0.05) is 26.9 Å². The van der Waals surface area contributed by atoms with Gasteiger partial charge in [0.25, 0.3) is 5.56 Å². The van der Waals surface area contributed by atoms with Crippen molar-refractivity contribution in [2.24, 2.45) is 7.05 Å². The van der Waals surface area contributed by atoms with Gasteiger partial charge in [-0.3, -0.25) is 14.3 Å². The van der Waals surface area contributed by atoms with Crippen LogP contribution in [-0.2, 0) is 18.3 Å². The number of fused-ring (bicyclic) bond motifs is 1. The number of carbonyl (C=O) groups excluding carboxylic acids is 1.